The lowest BCUT2D eigenvalue weighted by molar-refractivity contribution is 0.0777. The van der Waals surface area contributed by atoms with E-state index < -0.39 is 0 Å². The van der Waals surface area contributed by atoms with E-state index in [0.29, 0.717) is 23.6 Å². The summed E-state index contributed by atoms with van der Waals surface area (Å²) >= 11 is 0. The molecule has 3 aromatic rings. The number of fused-ring (bicyclic) bond motifs is 1. The first kappa shape index (κ1) is 20.2. The van der Waals surface area contributed by atoms with Gasteiger partial charge in [0.25, 0.3) is 5.91 Å². The molecule has 2 saturated heterocycles. The van der Waals surface area contributed by atoms with E-state index in [4.69, 9.17) is 0 Å². The third kappa shape index (κ3) is 4.22. The van der Waals surface area contributed by atoms with E-state index in [1.807, 2.05) is 39.8 Å². The van der Waals surface area contributed by atoms with Crippen LogP contribution in [0.15, 0.2) is 48.8 Å². The van der Waals surface area contributed by atoms with E-state index in [9.17, 15) is 9.18 Å². The van der Waals surface area contributed by atoms with Crippen LogP contribution < -0.4 is 0 Å². The summed E-state index contributed by atoms with van der Waals surface area (Å²) in [6, 6.07) is 13.2. The zero-order valence-electron chi connectivity index (χ0n) is 17.8. The summed E-state index contributed by atoms with van der Waals surface area (Å²) in [5.74, 6) is -0.155. The molecule has 0 unspecified atom stereocenters. The molecule has 0 aliphatic carbocycles. The predicted octanol–water partition coefficient (Wildman–Crippen LogP) is 4.31. The van der Waals surface area contributed by atoms with Crippen LogP contribution >= 0.6 is 0 Å². The van der Waals surface area contributed by atoms with Gasteiger partial charge in [0.1, 0.15) is 11.3 Å². The standard InChI is InChI=1S/C25H29FN4O/c26-22-6-5-7-23-24(22)30(18-27-23)16-19-8-10-20(11-9-19)25(31)29-15-12-21(17-29)28-13-3-1-2-4-14-28/h5-11,18,21H,1-4,12-17H2/t21-/m0/s1. The van der Waals surface area contributed by atoms with E-state index in [1.54, 1.807) is 12.4 Å². The molecule has 31 heavy (non-hydrogen) atoms. The van der Waals surface area contributed by atoms with Gasteiger partial charge in [-0.15, -0.1) is 0 Å². The maximum absolute atomic E-state index is 14.2. The van der Waals surface area contributed by atoms with Gasteiger partial charge in [0.15, 0.2) is 0 Å². The number of nitrogens with zero attached hydrogens (tertiary/aromatic N) is 4. The molecule has 2 aromatic carbocycles. The molecule has 1 atom stereocenters. The molecule has 5 nitrogen and oxygen atoms in total. The van der Waals surface area contributed by atoms with Crippen molar-refractivity contribution >= 4 is 16.9 Å². The van der Waals surface area contributed by atoms with Gasteiger partial charge in [0.05, 0.1) is 11.8 Å². The largest absolute Gasteiger partial charge is 0.337 e. The highest BCUT2D eigenvalue weighted by Crippen LogP contribution is 2.22. The number of imidazole rings is 1. The average molecular weight is 421 g/mol. The van der Waals surface area contributed by atoms with Crippen LogP contribution in [0.1, 0.15) is 48.0 Å². The second kappa shape index (κ2) is 8.79. The first-order valence-electron chi connectivity index (χ1n) is 11.4. The number of amides is 1. The minimum absolute atomic E-state index is 0.114. The fourth-order valence-electron chi connectivity index (χ4n) is 5.02. The molecule has 162 valence electrons. The molecule has 0 spiro atoms. The van der Waals surface area contributed by atoms with Crippen LogP contribution in [-0.4, -0.2) is 57.5 Å². The smallest absolute Gasteiger partial charge is 0.253 e. The van der Waals surface area contributed by atoms with Crippen LogP contribution in [0.4, 0.5) is 4.39 Å². The maximum atomic E-state index is 14.2. The SMILES string of the molecule is O=C(c1ccc(Cn2cnc3cccc(F)c32)cc1)N1CC[C@H](N2CCCCCC2)C1. The van der Waals surface area contributed by atoms with E-state index >= 15 is 0 Å². The second-order valence-electron chi connectivity index (χ2n) is 8.82. The van der Waals surface area contributed by atoms with Crippen LogP contribution in [-0.2, 0) is 6.54 Å². The Labute approximate surface area is 182 Å². The van der Waals surface area contributed by atoms with E-state index in [2.05, 4.69) is 9.88 Å². The molecule has 3 heterocycles. The highest BCUT2D eigenvalue weighted by molar-refractivity contribution is 5.94. The number of benzene rings is 2. The quantitative estimate of drug-likeness (QED) is 0.631. The number of hydrogen-bond acceptors (Lipinski definition) is 3. The van der Waals surface area contributed by atoms with Crippen molar-refractivity contribution in [1.29, 1.82) is 0 Å². The zero-order chi connectivity index (χ0) is 21.2. The van der Waals surface area contributed by atoms with Gasteiger partial charge in [0, 0.05) is 31.2 Å². The Morgan fingerprint density at radius 3 is 2.55 bits per heavy atom. The monoisotopic (exact) mass is 420 g/mol. The summed E-state index contributed by atoms with van der Waals surface area (Å²) in [4.78, 5) is 21.9. The van der Waals surface area contributed by atoms with Crippen LogP contribution in [0.2, 0.25) is 0 Å². The Balaban J connectivity index is 1.24. The Bertz CT molecular complexity index is 1050. The second-order valence-corrected chi connectivity index (χ2v) is 8.82. The summed E-state index contributed by atoms with van der Waals surface area (Å²) in [5, 5.41) is 0. The third-order valence-electron chi connectivity index (χ3n) is 6.75. The van der Waals surface area contributed by atoms with Crippen molar-refractivity contribution < 1.29 is 9.18 Å². The lowest BCUT2D eigenvalue weighted by Gasteiger charge is -2.27. The number of rotatable bonds is 4. The minimum Gasteiger partial charge on any atom is -0.337 e. The van der Waals surface area contributed by atoms with Gasteiger partial charge >= 0.3 is 0 Å². The Hall–Kier alpha value is -2.73. The highest BCUT2D eigenvalue weighted by atomic mass is 19.1. The summed E-state index contributed by atoms with van der Waals surface area (Å²) in [6.45, 7) is 4.53. The van der Waals surface area contributed by atoms with Crippen molar-refractivity contribution in [2.24, 2.45) is 0 Å². The van der Waals surface area contributed by atoms with Crippen LogP contribution in [0.5, 0.6) is 0 Å². The van der Waals surface area contributed by atoms with Crippen molar-refractivity contribution in [3.63, 3.8) is 0 Å². The first-order chi connectivity index (χ1) is 15.2. The van der Waals surface area contributed by atoms with E-state index in [-0.39, 0.29) is 11.7 Å². The molecule has 0 radical (unpaired) electrons. The normalized spacial score (nSPS) is 20.3. The lowest BCUT2D eigenvalue weighted by atomic mass is 10.1. The molecular weight excluding hydrogens is 391 g/mol. The molecule has 2 aliphatic rings. The summed E-state index contributed by atoms with van der Waals surface area (Å²) in [7, 11) is 0. The maximum Gasteiger partial charge on any atom is 0.253 e. The molecule has 2 aliphatic heterocycles. The lowest BCUT2D eigenvalue weighted by Crippen LogP contribution is -2.39. The van der Waals surface area contributed by atoms with Gasteiger partial charge in [-0.2, -0.15) is 0 Å². The first-order valence-corrected chi connectivity index (χ1v) is 11.4. The van der Waals surface area contributed by atoms with Gasteiger partial charge < -0.3 is 9.47 Å². The zero-order valence-corrected chi connectivity index (χ0v) is 17.8. The minimum atomic E-state index is -0.269. The van der Waals surface area contributed by atoms with Crippen molar-refractivity contribution in [3.8, 4) is 0 Å². The molecule has 6 heteroatoms. The van der Waals surface area contributed by atoms with Crippen LogP contribution in [0.25, 0.3) is 11.0 Å². The molecular formula is C25H29FN4O. The fraction of sp³-hybridized carbons (Fsp3) is 0.440. The predicted molar refractivity (Wildman–Crippen MR) is 120 cm³/mol. The Morgan fingerprint density at radius 2 is 1.77 bits per heavy atom. The van der Waals surface area contributed by atoms with E-state index in [1.165, 1.54) is 44.8 Å². The van der Waals surface area contributed by atoms with Gasteiger partial charge in [-0.05, 0) is 62.2 Å². The van der Waals surface area contributed by atoms with Crippen LogP contribution in [0.3, 0.4) is 0 Å². The third-order valence-corrected chi connectivity index (χ3v) is 6.75. The number of hydrogen-bond donors (Lipinski definition) is 0. The molecule has 2 fully saturated rings. The van der Waals surface area contributed by atoms with Gasteiger partial charge in [0.2, 0.25) is 0 Å². The summed E-state index contributed by atoms with van der Waals surface area (Å²) < 4.78 is 16.0. The van der Waals surface area contributed by atoms with Crippen molar-refractivity contribution in [2.75, 3.05) is 26.2 Å². The van der Waals surface area contributed by atoms with Crippen molar-refractivity contribution in [3.05, 3.63) is 65.7 Å². The van der Waals surface area contributed by atoms with Gasteiger partial charge in [-0.1, -0.05) is 31.0 Å². The van der Waals surface area contributed by atoms with Crippen LogP contribution in [0, 0.1) is 5.82 Å². The summed E-state index contributed by atoms with van der Waals surface area (Å²) in [6.07, 6.45) is 7.96. The van der Waals surface area contributed by atoms with Crippen molar-refractivity contribution in [1.82, 2.24) is 19.4 Å². The highest BCUT2D eigenvalue weighted by Gasteiger charge is 2.31. The molecule has 0 saturated carbocycles. The molecule has 0 N–H and O–H groups in total. The molecule has 0 bridgehead atoms. The fourth-order valence-corrected chi connectivity index (χ4v) is 5.02. The molecule has 5 rings (SSSR count). The Kier molecular flexibility index (Phi) is 5.72. The number of para-hydroxylation sites is 1. The van der Waals surface area contributed by atoms with Gasteiger partial charge in [-0.3, -0.25) is 9.69 Å². The van der Waals surface area contributed by atoms with Gasteiger partial charge in [-0.25, -0.2) is 9.37 Å². The number of carbonyl (C=O) groups is 1. The Morgan fingerprint density at radius 1 is 1.00 bits per heavy atom. The average Bonchev–Trinajstić information content (AvgIpc) is 3.35. The summed E-state index contributed by atoms with van der Waals surface area (Å²) in [5.41, 5.74) is 2.91. The number of likely N-dealkylation sites (tertiary alicyclic amines) is 2. The number of halogens is 1. The topological polar surface area (TPSA) is 41.4 Å². The number of aromatic nitrogens is 2. The molecule has 1 aromatic heterocycles. The molecule has 1 amide bonds. The number of carbonyl (C=O) groups excluding carboxylic acids is 1. The van der Waals surface area contributed by atoms with Crippen molar-refractivity contribution in [2.45, 2.75) is 44.7 Å². The van der Waals surface area contributed by atoms with E-state index in [0.717, 1.165) is 30.6 Å².